The Kier molecular flexibility index (Phi) is 4.63. The first-order chi connectivity index (χ1) is 9.55. The molecule has 0 aromatic heterocycles. The Morgan fingerprint density at radius 3 is 2.90 bits per heavy atom. The van der Waals surface area contributed by atoms with Crippen molar-refractivity contribution in [3.05, 3.63) is 30.1 Å². The fourth-order valence-corrected chi connectivity index (χ4v) is 3.10. The van der Waals surface area contributed by atoms with Crippen LogP contribution in [0.1, 0.15) is 45.4 Å². The zero-order valence-corrected chi connectivity index (χ0v) is 12.0. The van der Waals surface area contributed by atoms with E-state index < -0.39 is 5.54 Å². The highest BCUT2D eigenvalue weighted by atomic mass is 19.1. The van der Waals surface area contributed by atoms with Gasteiger partial charge in [-0.1, -0.05) is 32.3 Å². The average molecular weight is 278 g/mol. The monoisotopic (exact) mass is 278 g/mol. The van der Waals surface area contributed by atoms with Crippen molar-refractivity contribution < 1.29 is 9.18 Å². The van der Waals surface area contributed by atoms with Gasteiger partial charge < -0.3 is 11.1 Å². The van der Waals surface area contributed by atoms with Gasteiger partial charge >= 0.3 is 0 Å². The highest BCUT2D eigenvalue weighted by Crippen LogP contribution is 2.34. The van der Waals surface area contributed by atoms with E-state index in [1.165, 1.54) is 12.1 Å². The van der Waals surface area contributed by atoms with Gasteiger partial charge in [0.05, 0.1) is 0 Å². The van der Waals surface area contributed by atoms with Gasteiger partial charge in [0.15, 0.2) is 0 Å². The van der Waals surface area contributed by atoms with E-state index in [1.54, 1.807) is 12.1 Å². The molecule has 2 rings (SSSR count). The molecule has 3 nitrogen and oxygen atoms in total. The second-order valence-electron chi connectivity index (χ2n) is 5.79. The van der Waals surface area contributed by atoms with Gasteiger partial charge in [-0.3, -0.25) is 4.79 Å². The van der Waals surface area contributed by atoms with Crippen LogP contribution in [0.4, 0.5) is 10.1 Å². The quantitative estimate of drug-likeness (QED) is 0.829. The van der Waals surface area contributed by atoms with Crippen LogP contribution in [0.2, 0.25) is 0 Å². The van der Waals surface area contributed by atoms with Gasteiger partial charge in [-0.25, -0.2) is 4.39 Å². The van der Waals surface area contributed by atoms with E-state index in [-0.39, 0.29) is 11.7 Å². The van der Waals surface area contributed by atoms with Crippen LogP contribution in [0.3, 0.4) is 0 Å². The SMILES string of the molecule is CCC1CCCC(Nc2cccc(F)c2)(C(N)=O)CC1. The Morgan fingerprint density at radius 2 is 2.25 bits per heavy atom. The molecule has 3 N–H and O–H groups in total. The number of nitrogens with two attached hydrogens (primary N) is 1. The van der Waals surface area contributed by atoms with Gasteiger partial charge in [0, 0.05) is 5.69 Å². The summed E-state index contributed by atoms with van der Waals surface area (Å²) >= 11 is 0. The van der Waals surface area contributed by atoms with Gasteiger partial charge in [0.25, 0.3) is 0 Å². The smallest absolute Gasteiger partial charge is 0.243 e. The molecule has 20 heavy (non-hydrogen) atoms. The summed E-state index contributed by atoms with van der Waals surface area (Å²) in [6, 6.07) is 6.21. The zero-order valence-electron chi connectivity index (χ0n) is 12.0. The molecule has 0 saturated heterocycles. The number of carbonyl (C=O) groups is 1. The molecule has 0 heterocycles. The number of primary amides is 1. The third-order valence-corrected chi connectivity index (χ3v) is 4.45. The molecular formula is C16H23FN2O. The third-order valence-electron chi connectivity index (χ3n) is 4.45. The number of carbonyl (C=O) groups excluding carboxylic acids is 1. The fraction of sp³-hybridized carbons (Fsp3) is 0.562. The number of nitrogens with one attached hydrogen (secondary N) is 1. The summed E-state index contributed by atoms with van der Waals surface area (Å²) < 4.78 is 13.3. The Balaban J connectivity index is 2.19. The summed E-state index contributed by atoms with van der Waals surface area (Å²) in [4.78, 5) is 12.0. The van der Waals surface area contributed by atoms with Crippen LogP contribution in [0.15, 0.2) is 24.3 Å². The van der Waals surface area contributed by atoms with E-state index in [1.807, 2.05) is 0 Å². The van der Waals surface area contributed by atoms with Crippen LogP contribution < -0.4 is 11.1 Å². The molecule has 1 amide bonds. The van der Waals surface area contributed by atoms with Crippen molar-refractivity contribution in [3.63, 3.8) is 0 Å². The molecule has 1 aliphatic rings. The largest absolute Gasteiger partial charge is 0.371 e. The standard InChI is InChI=1S/C16H23FN2O/c1-2-12-5-4-9-16(10-8-12,15(18)20)19-14-7-3-6-13(17)11-14/h3,6-7,11-12,19H,2,4-5,8-10H2,1H3,(H2,18,20). The topological polar surface area (TPSA) is 55.1 Å². The molecule has 0 radical (unpaired) electrons. The normalized spacial score (nSPS) is 26.8. The van der Waals surface area contributed by atoms with Crippen molar-refractivity contribution in [2.75, 3.05) is 5.32 Å². The van der Waals surface area contributed by atoms with Crippen molar-refractivity contribution in [2.45, 2.75) is 51.0 Å². The van der Waals surface area contributed by atoms with Crippen LogP contribution in [-0.4, -0.2) is 11.4 Å². The molecule has 110 valence electrons. The number of rotatable bonds is 4. The number of benzene rings is 1. The fourth-order valence-electron chi connectivity index (χ4n) is 3.10. The molecular weight excluding hydrogens is 255 g/mol. The first kappa shape index (κ1) is 14.8. The molecule has 1 saturated carbocycles. The second kappa shape index (κ2) is 6.25. The minimum Gasteiger partial charge on any atom is -0.371 e. The highest BCUT2D eigenvalue weighted by Gasteiger charge is 2.38. The maximum atomic E-state index is 13.3. The molecule has 4 heteroatoms. The molecule has 1 fully saturated rings. The summed E-state index contributed by atoms with van der Waals surface area (Å²) in [5, 5.41) is 3.20. The minimum absolute atomic E-state index is 0.310. The van der Waals surface area contributed by atoms with Gasteiger partial charge in [-0.05, 0) is 43.4 Å². The van der Waals surface area contributed by atoms with E-state index in [9.17, 15) is 9.18 Å². The predicted molar refractivity (Wildman–Crippen MR) is 78.8 cm³/mol. The lowest BCUT2D eigenvalue weighted by molar-refractivity contribution is -0.122. The number of hydrogen-bond acceptors (Lipinski definition) is 2. The first-order valence-electron chi connectivity index (χ1n) is 7.39. The Hall–Kier alpha value is -1.58. The zero-order chi connectivity index (χ0) is 14.6. The number of anilines is 1. The molecule has 2 unspecified atom stereocenters. The third kappa shape index (κ3) is 3.30. The van der Waals surface area contributed by atoms with Gasteiger partial charge in [0.1, 0.15) is 11.4 Å². The van der Waals surface area contributed by atoms with Gasteiger partial charge in [-0.2, -0.15) is 0 Å². The summed E-state index contributed by atoms with van der Waals surface area (Å²) in [6.07, 6.45) is 5.67. The molecule has 1 aromatic rings. The van der Waals surface area contributed by atoms with Crippen molar-refractivity contribution >= 4 is 11.6 Å². The Morgan fingerprint density at radius 1 is 1.45 bits per heavy atom. The summed E-state index contributed by atoms with van der Waals surface area (Å²) in [5.74, 6) is 0.0127. The number of halogens is 1. The lowest BCUT2D eigenvalue weighted by Crippen LogP contribution is -2.50. The molecule has 0 spiro atoms. The van der Waals surface area contributed by atoms with E-state index in [0.29, 0.717) is 11.6 Å². The first-order valence-corrected chi connectivity index (χ1v) is 7.39. The lowest BCUT2D eigenvalue weighted by atomic mass is 9.88. The maximum absolute atomic E-state index is 13.3. The van der Waals surface area contributed by atoms with Crippen LogP contribution in [0.25, 0.3) is 0 Å². The van der Waals surface area contributed by atoms with Crippen LogP contribution in [0.5, 0.6) is 0 Å². The minimum atomic E-state index is -0.738. The van der Waals surface area contributed by atoms with Crippen molar-refractivity contribution in [1.82, 2.24) is 0 Å². The summed E-state index contributed by atoms with van der Waals surface area (Å²) in [6.45, 7) is 2.18. The summed E-state index contributed by atoms with van der Waals surface area (Å²) in [5.41, 5.74) is 5.53. The Bertz CT molecular complexity index is 477. The molecule has 0 aliphatic heterocycles. The Labute approximate surface area is 119 Å². The second-order valence-corrected chi connectivity index (χ2v) is 5.79. The molecule has 1 aliphatic carbocycles. The van der Waals surface area contributed by atoms with Crippen LogP contribution in [0, 0.1) is 11.7 Å². The van der Waals surface area contributed by atoms with E-state index in [0.717, 1.165) is 38.5 Å². The van der Waals surface area contributed by atoms with Crippen LogP contribution >= 0.6 is 0 Å². The van der Waals surface area contributed by atoms with E-state index in [2.05, 4.69) is 12.2 Å². The van der Waals surface area contributed by atoms with Crippen molar-refractivity contribution in [2.24, 2.45) is 11.7 Å². The van der Waals surface area contributed by atoms with Crippen LogP contribution in [-0.2, 0) is 4.79 Å². The maximum Gasteiger partial charge on any atom is 0.243 e. The van der Waals surface area contributed by atoms with Gasteiger partial charge in [0.2, 0.25) is 5.91 Å². The predicted octanol–water partition coefficient (Wildman–Crippen LogP) is 3.45. The molecule has 2 atom stereocenters. The number of amides is 1. The average Bonchev–Trinajstić information content (AvgIpc) is 2.62. The summed E-state index contributed by atoms with van der Waals surface area (Å²) in [7, 11) is 0. The molecule has 0 bridgehead atoms. The van der Waals surface area contributed by atoms with Crippen molar-refractivity contribution in [1.29, 1.82) is 0 Å². The highest BCUT2D eigenvalue weighted by molar-refractivity contribution is 5.88. The molecule has 1 aromatic carbocycles. The lowest BCUT2D eigenvalue weighted by Gasteiger charge is -2.31. The van der Waals surface area contributed by atoms with Crippen molar-refractivity contribution in [3.8, 4) is 0 Å². The van der Waals surface area contributed by atoms with E-state index >= 15 is 0 Å². The van der Waals surface area contributed by atoms with Gasteiger partial charge in [-0.15, -0.1) is 0 Å². The number of hydrogen-bond donors (Lipinski definition) is 2. The van der Waals surface area contributed by atoms with E-state index in [4.69, 9.17) is 5.73 Å².